The maximum absolute atomic E-state index is 12.5. The summed E-state index contributed by atoms with van der Waals surface area (Å²) in [5, 5.41) is 8.76. The predicted molar refractivity (Wildman–Crippen MR) is 61.7 cm³/mol. The van der Waals surface area contributed by atoms with E-state index in [1.807, 2.05) is 0 Å². The molecule has 0 unspecified atom stereocenters. The van der Waals surface area contributed by atoms with E-state index >= 15 is 0 Å². The summed E-state index contributed by atoms with van der Waals surface area (Å²) in [5.41, 5.74) is -1.11. The molecule has 0 aliphatic heterocycles. The normalized spacial score (nSPS) is 11.4. The summed E-state index contributed by atoms with van der Waals surface area (Å²) in [7, 11) is 1.47. The molecule has 2 rings (SSSR count). The largest absolute Gasteiger partial charge is 0.476 e. The molecule has 0 aliphatic carbocycles. The molecule has 1 aromatic carbocycles. The number of halogens is 3. The Morgan fingerprint density at radius 2 is 2.10 bits per heavy atom. The first-order valence-electron chi connectivity index (χ1n) is 5.39. The summed E-state index contributed by atoms with van der Waals surface area (Å²) in [6.45, 7) is 0. The number of nitrogens with zero attached hydrogens (tertiary/aromatic N) is 2. The van der Waals surface area contributed by atoms with Gasteiger partial charge in [-0.3, -0.25) is 0 Å². The molecule has 2 aromatic rings. The van der Waals surface area contributed by atoms with Gasteiger partial charge in [0.15, 0.2) is 5.69 Å². The first-order chi connectivity index (χ1) is 9.27. The highest BCUT2D eigenvalue weighted by atomic mass is 19.4. The summed E-state index contributed by atoms with van der Waals surface area (Å²) >= 11 is 0. The maximum atomic E-state index is 12.5. The fourth-order valence-corrected chi connectivity index (χ4v) is 1.49. The molecule has 0 fully saturated rings. The Morgan fingerprint density at radius 3 is 2.65 bits per heavy atom. The van der Waals surface area contributed by atoms with Crippen LogP contribution in [0.2, 0.25) is 0 Å². The molecule has 20 heavy (non-hydrogen) atoms. The van der Waals surface area contributed by atoms with Crippen molar-refractivity contribution < 1.29 is 27.8 Å². The highest BCUT2D eigenvalue weighted by Gasteiger charge is 2.30. The van der Waals surface area contributed by atoms with Crippen LogP contribution in [0.5, 0.6) is 11.8 Å². The Kier molecular flexibility index (Phi) is 3.39. The molecule has 0 saturated heterocycles. The van der Waals surface area contributed by atoms with Gasteiger partial charge < -0.3 is 14.4 Å². The second-order valence-electron chi connectivity index (χ2n) is 3.95. The van der Waals surface area contributed by atoms with E-state index in [1.54, 1.807) is 0 Å². The minimum Gasteiger partial charge on any atom is -0.476 e. The molecule has 5 nitrogen and oxygen atoms in total. The minimum atomic E-state index is -4.48. The van der Waals surface area contributed by atoms with Crippen molar-refractivity contribution in [3.8, 4) is 11.8 Å². The highest BCUT2D eigenvalue weighted by Crippen LogP contribution is 2.32. The van der Waals surface area contributed by atoms with E-state index in [2.05, 4.69) is 4.98 Å². The van der Waals surface area contributed by atoms with Crippen LogP contribution in [-0.4, -0.2) is 20.6 Å². The molecule has 0 amide bonds. The van der Waals surface area contributed by atoms with Crippen LogP contribution in [0.3, 0.4) is 0 Å². The van der Waals surface area contributed by atoms with Gasteiger partial charge in [0.1, 0.15) is 5.75 Å². The first-order valence-corrected chi connectivity index (χ1v) is 5.39. The topological polar surface area (TPSA) is 64.4 Å². The van der Waals surface area contributed by atoms with E-state index in [1.165, 1.54) is 29.9 Å². The third-order valence-corrected chi connectivity index (χ3v) is 2.42. The molecule has 1 heterocycles. The second-order valence-corrected chi connectivity index (χ2v) is 3.95. The van der Waals surface area contributed by atoms with Crippen molar-refractivity contribution in [3.63, 3.8) is 0 Å². The molecule has 0 bridgehead atoms. The summed E-state index contributed by atoms with van der Waals surface area (Å²) in [5.74, 6) is -1.33. The quantitative estimate of drug-likeness (QED) is 0.942. The van der Waals surface area contributed by atoms with Crippen LogP contribution in [0.15, 0.2) is 30.5 Å². The van der Waals surface area contributed by atoms with Crippen molar-refractivity contribution in [1.29, 1.82) is 0 Å². The smallest absolute Gasteiger partial charge is 0.416 e. The highest BCUT2D eigenvalue weighted by molar-refractivity contribution is 5.85. The van der Waals surface area contributed by atoms with Crippen LogP contribution < -0.4 is 4.74 Å². The fourth-order valence-electron chi connectivity index (χ4n) is 1.49. The standard InChI is InChI=1S/C12H9F3N2O3/c1-17-6-9(10(18)19)16-11(17)20-8-4-2-3-7(5-8)12(13,14)15/h2-6H,1H3,(H,18,19). The van der Waals surface area contributed by atoms with Gasteiger partial charge in [-0.1, -0.05) is 6.07 Å². The fraction of sp³-hybridized carbons (Fsp3) is 0.167. The maximum Gasteiger partial charge on any atom is 0.416 e. The number of imidazole rings is 1. The van der Waals surface area contributed by atoms with Gasteiger partial charge in [-0.2, -0.15) is 18.2 Å². The number of carboxylic acid groups (broad SMARTS) is 1. The SMILES string of the molecule is Cn1cc(C(=O)O)nc1Oc1cccc(C(F)(F)F)c1. The molecule has 0 aliphatic rings. The van der Waals surface area contributed by atoms with Gasteiger partial charge >= 0.3 is 18.2 Å². The van der Waals surface area contributed by atoms with Crippen LogP contribution >= 0.6 is 0 Å². The summed E-state index contributed by atoms with van der Waals surface area (Å²) in [6, 6.07) is 4.13. The number of carbonyl (C=O) groups is 1. The van der Waals surface area contributed by atoms with Gasteiger partial charge in [0.25, 0.3) is 0 Å². The van der Waals surface area contributed by atoms with Crippen LogP contribution in [0.1, 0.15) is 16.1 Å². The summed E-state index contributed by atoms with van der Waals surface area (Å²) in [4.78, 5) is 14.4. The van der Waals surface area contributed by atoms with Crippen molar-refractivity contribution in [3.05, 3.63) is 41.7 Å². The molecule has 1 N–H and O–H groups in total. The third kappa shape index (κ3) is 2.90. The zero-order chi connectivity index (χ0) is 14.9. The van der Waals surface area contributed by atoms with Crippen molar-refractivity contribution in [2.24, 2.45) is 7.05 Å². The molecule has 0 spiro atoms. The number of aromatic carboxylic acids is 1. The van der Waals surface area contributed by atoms with E-state index in [-0.39, 0.29) is 17.5 Å². The Bertz CT molecular complexity index is 650. The zero-order valence-corrected chi connectivity index (χ0v) is 10.2. The Hall–Kier alpha value is -2.51. The molecule has 106 valence electrons. The molecule has 8 heteroatoms. The molecule has 0 atom stereocenters. The van der Waals surface area contributed by atoms with E-state index in [4.69, 9.17) is 9.84 Å². The number of rotatable bonds is 3. The zero-order valence-electron chi connectivity index (χ0n) is 10.2. The van der Waals surface area contributed by atoms with Crippen LogP contribution in [-0.2, 0) is 13.2 Å². The predicted octanol–water partition coefficient (Wildman–Crippen LogP) is 2.93. The lowest BCUT2D eigenvalue weighted by Crippen LogP contribution is -2.04. The van der Waals surface area contributed by atoms with E-state index in [0.717, 1.165) is 12.1 Å². The molecule has 1 aromatic heterocycles. The molecular weight excluding hydrogens is 277 g/mol. The van der Waals surface area contributed by atoms with E-state index in [9.17, 15) is 18.0 Å². The van der Waals surface area contributed by atoms with Crippen LogP contribution in [0, 0.1) is 0 Å². The Balaban J connectivity index is 2.28. The Labute approximate surface area is 111 Å². The van der Waals surface area contributed by atoms with Crippen molar-refractivity contribution in [2.75, 3.05) is 0 Å². The molecule has 0 saturated carbocycles. The number of alkyl halides is 3. The number of aromatic nitrogens is 2. The summed E-state index contributed by atoms with van der Waals surface area (Å²) in [6.07, 6.45) is -3.28. The number of carboxylic acids is 1. The lowest BCUT2D eigenvalue weighted by molar-refractivity contribution is -0.137. The lowest BCUT2D eigenvalue weighted by Gasteiger charge is -2.09. The van der Waals surface area contributed by atoms with Crippen molar-refractivity contribution in [1.82, 2.24) is 9.55 Å². The number of benzene rings is 1. The third-order valence-electron chi connectivity index (χ3n) is 2.42. The lowest BCUT2D eigenvalue weighted by atomic mass is 10.2. The number of ether oxygens (including phenoxy) is 1. The van der Waals surface area contributed by atoms with Gasteiger partial charge in [0.2, 0.25) is 0 Å². The van der Waals surface area contributed by atoms with Gasteiger partial charge in [0, 0.05) is 13.2 Å². The monoisotopic (exact) mass is 286 g/mol. The number of aryl methyl sites for hydroxylation is 1. The molecule has 0 radical (unpaired) electrons. The van der Waals surface area contributed by atoms with Gasteiger partial charge in [-0.25, -0.2) is 4.79 Å². The second kappa shape index (κ2) is 4.87. The van der Waals surface area contributed by atoms with Crippen molar-refractivity contribution >= 4 is 5.97 Å². The number of hydrogen-bond acceptors (Lipinski definition) is 3. The average molecular weight is 286 g/mol. The first kappa shape index (κ1) is 13.9. The minimum absolute atomic E-state index is 0.0783. The van der Waals surface area contributed by atoms with E-state index in [0.29, 0.717) is 0 Å². The van der Waals surface area contributed by atoms with Gasteiger partial charge in [-0.05, 0) is 18.2 Å². The molecular formula is C12H9F3N2O3. The summed E-state index contributed by atoms with van der Waals surface area (Å²) < 4.78 is 44.1. The van der Waals surface area contributed by atoms with Gasteiger partial charge in [0.05, 0.1) is 5.56 Å². The van der Waals surface area contributed by atoms with Gasteiger partial charge in [-0.15, -0.1) is 0 Å². The van der Waals surface area contributed by atoms with Crippen LogP contribution in [0.25, 0.3) is 0 Å². The Morgan fingerprint density at radius 1 is 1.40 bits per heavy atom. The average Bonchev–Trinajstić information content (AvgIpc) is 2.70. The van der Waals surface area contributed by atoms with Crippen molar-refractivity contribution in [2.45, 2.75) is 6.18 Å². The van der Waals surface area contributed by atoms with Crippen LogP contribution in [0.4, 0.5) is 13.2 Å². The number of hydrogen-bond donors (Lipinski definition) is 1. The van der Waals surface area contributed by atoms with E-state index < -0.39 is 17.7 Å².